The summed E-state index contributed by atoms with van der Waals surface area (Å²) < 4.78 is 17.0. The number of amides is 2. The standard InChI is InChI=1S/C21H25N5O3S2/c1-21(2,11-27)19-24-10-17(30-19)31(23,29)26-20(28)25-18-14-7-3-5-12(14)16(9-22)13-6-4-8-15(13)18/h10,27H,3-8,11H2,1-2H3,(H3,23,25,26,28,29)/t31-/m1/s1. The summed E-state index contributed by atoms with van der Waals surface area (Å²) in [5, 5.41) is 28.5. The Morgan fingerprint density at radius 3 is 2.42 bits per heavy atom. The lowest BCUT2D eigenvalue weighted by atomic mass is 9.93. The number of urea groups is 1. The van der Waals surface area contributed by atoms with Gasteiger partial charge in [0.05, 0.1) is 24.4 Å². The summed E-state index contributed by atoms with van der Waals surface area (Å²) in [7, 11) is -3.48. The summed E-state index contributed by atoms with van der Waals surface area (Å²) in [5.74, 6) is 0. The van der Waals surface area contributed by atoms with Gasteiger partial charge in [-0.25, -0.2) is 19.1 Å². The summed E-state index contributed by atoms with van der Waals surface area (Å²) in [6.07, 6.45) is 6.45. The molecule has 4 N–H and O–H groups in total. The van der Waals surface area contributed by atoms with Gasteiger partial charge in [0.25, 0.3) is 0 Å². The van der Waals surface area contributed by atoms with Crippen LogP contribution in [-0.4, -0.2) is 26.9 Å². The average Bonchev–Trinajstić information content (AvgIpc) is 3.47. The number of nitrogens with two attached hydrogens (primary N) is 1. The second-order valence-electron chi connectivity index (χ2n) is 8.60. The predicted octanol–water partition coefficient (Wildman–Crippen LogP) is 3.19. The molecule has 2 aromatic rings. The minimum absolute atomic E-state index is 0.127. The Hall–Kier alpha value is -2.32. The molecule has 8 nitrogen and oxygen atoms in total. The number of nitrogens with zero attached hydrogens (tertiary/aromatic N) is 3. The average molecular weight is 460 g/mol. The van der Waals surface area contributed by atoms with Crippen LogP contribution in [0, 0.1) is 11.3 Å². The number of fused-ring (bicyclic) bond motifs is 2. The molecule has 2 amide bonds. The van der Waals surface area contributed by atoms with Crippen molar-refractivity contribution in [2.24, 2.45) is 9.50 Å². The van der Waals surface area contributed by atoms with E-state index in [1.54, 1.807) is 0 Å². The van der Waals surface area contributed by atoms with Crippen molar-refractivity contribution in [2.45, 2.75) is 62.0 Å². The first-order valence-corrected chi connectivity index (χ1v) is 12.6. The van der Waals surface area contributed by atoms with E-state index < -0.39 is 21.4 Å². The molecule has 1 aromatic carbocycles. The van der Waals surface area contributed by atoms with E-state index in [9.17, 15) is 19.4 Å². The van der Waals surface area contributed by atoms with E-state index in [0.29, 0.717) is 10.7 Å². The molecule has 2 aliphatic carbocycles. The monoisotopic (exact) mass is 459 g/mol. The number of aromatic nitrogens is 1. The van der Waals surface area contributed by atoms with Crippen LogP contribution < -0.4 is 10.5 Å². The second kappa shape index (κ2) is 7.98. The second-order valence-corrected chi connectivity index (χ2v) is 11.6. The van der Waals surface area contributed by atoms with Gasteiger partial charge < -0.3 is 10.4 Å². The summed E-state index contributed by atoms with van der Waals surface area (Å²) in [6, 6.07) is 1.59. The summed E-state index contributed by atoms with van der Waals surface area (Å²) in [4.78, 5) is 17.0. The maximum Gasteiger partial charge on any atom is 0.354 e. The minimum Gasteiger partial charge on any atom is -0.395 e. The normalized spacial score (nSPS) is 16.9. The number of nitriles is 1. The fourth-order valence-corrected chi connectivity index (χ4v) is 6.47. The Morgan fingerprint density at radius 1 is 1.29 bits per heavy atom. The lowest BCUT2D eigenvalue weighted by molar-refractivity contribution is 0.218. The van der Waals surface area contributed by atoms with Crippen LogP contribution in [-0.2, 0) is 41.0 Å². The van der Waals surface area contributed by atoms with E-state index in [1.807, 2.05) is 13.8 Å². The van der Waals surface area contributed by atoms with Gasteiger partial charge >= 0.3 is 6.03 Å². The number of aliphatic hydroxyl groups is 1. The third kappa shape index (κ3) is 3.87. The van der Waals surface area contributed by atoms with Gasteiger partial charge in [0.2, 0.25) is 0 Å². The minimum atomic E-state index is -3.48. The largest absolute Gasteiger partial charge is 0.395 e. The van der Waals surface area contributed by atoms with E-state index in [2.05, 4.69) is 20.7 Å². The van der Waals surface area contributed by atoms with E-state index >= 15 is 0 Å². The molecule has 0 bridgehead atoms. The first-order chi connectivity index (χ1) is 14.7. The summed E-state index contributed by atoms with van der Waals surface area (Å²) in [6.45, 7) is 3.49. The fraction of sp³-hybridized carbons (Fsp3) is 0.476. The number of thiazole rings is 1. The molecule has 0 saturated carbocycles. The molecule has 31 heavy (non-hydrogen) atoms. The van der Waals surface area contributed by atoms with Gasteiger partial charge in [-0.2, -0.15) is 5.26 Å². The van der Waals surface area contributed by atoms with Crippen LogP contribution in [0.2, 0.25) is 0 Å². The number of nitrogens with one attached hydrogen (secondary N) is 1. The number of aliphatic hydroxyl groups excluding tert-OH is 1. The third-order valence-corrected chi connectivity index (χ3v) is 9.20. The van der Waals surface area contributed by atoms with Crippen LogP contribution in [0.5, 0.6) is 0 Å². The highest BCUT2D eigenvalue weighted by atomic mass is 32.2. The van der Waals surface area contributed by atoms with Crippen LogP contribution in [0.15, 0.2) is 14.8 Å². The van der Waals surface area contributed by atoms with Gasteiger partial charge in [0.15, 0.2) is 9.92 Å². The van der Waals surface area contributed by atoms with Crippen LogP contribution in [0.25, 0.3) is 0 Å². The van der Waals surface area contributed by atoms with Gasteiger partial charge in [0.1, 0.15) is 9.22 Å². The molecular formula is C21H25N5O3S2. The Kier molecular flexibility index (Phi) is 5.64. The fourth-order valence-electron chi connectivity index (χ4n) is 4.31. The van der Waals surface area contributed by atoms with Crippen molar-refractivity contribution in [3.05, 3.63) is 39.0 Å². The molecule has 0 fully saturated rings. The summed E-state index contributed by atoms with van der Waals surface area (Å²) in [5.41, 5.74) is 4.90. The van der Waals surface area contributed by atoms with Gasteiger partial charge in [-0.05, 0) is 60.8 Å². The van der Waals surface area contributed by atoms with Crippen molar-refractivity contribution >= 4 is 33.0 Å². The number of carbonyl (C=O) groups excluding carboxylic acids is 1. The highest BCUT2D eigenvalue weighted by Crippen LogP contribution is 2.41. The molecule has 0 unspecified atom stereocenters. The first-order valence-electron chi connectivity index (χ1n) is 10.2. The van der Waals surface area contributed by atoms with E-state index in [-0.39, 0.29) is 10.8 Å². The highest BCUT2D eigenvalue weighted by molar-refractivity contribution is 7.93. The molecule has 164 valence electrons. The van der Waals surface area contributed by atoms with Gasteiger partial charge in [-0.1, -0.05) is 13.8 Å². The lowest BCUT2D eigenvalue weighted by Crippen LogP contribution is -2.21. The maximum absolute atomic E-state index is 13.0. The molecule has 1 atom stereocenters. The molecule has 0 spiro atoms. The zero-order chi connectivity index (χ0) is 22.4. The van der Waals surface area contributed by atoms with Crippen molar-refractivity contribution in [2.75, 3.05) is 11.9 Å². The number of benzene rings is 1. The molecule has 1 heterocycles. The van der Waals surface area contributed by atoms with Crippen molar-refractivity contribution in [1.29, 1.82) is 5.26 Å². The Labute approximate surface area is 185 Å². The maximum atomic E-state index is 13.0. The van der Waals surface area contributed by atoms with Crippen molar-refractivity contribution in [3.8, 4) is 6.07 Å². The zero-order valence-electron chi connectivity index (χ0n) is 17.5. The quantitative estimate of drug-likeness (QED) is 0.644. The molecule has 10 heteroatoms. The molecule has 0 radical (unpaired) electrons. The molecule has 4 rings (SSSR count). The number of carbonyl (C=O) groups is 1. The smallest absolute Gasteiger partial charge is 0.354 e. The van der Waals surface area contributed by atoms with Crippen LogP contribution in [0.3, 0.4) is 0 Å². The number of rotatable bonds is 4. The van der Waals surface area contributed by atoms with Crippen LogP contribution >= 0.6 is 11.3 Å². The number of hydrogen-bond donors (Lipinski definition) is 3. The highest BCUT2D eigenvalue weighted by Gasteiger charge is 2.30. The lowest BCUT2D eigenvalue weighted by Gasteiger charge is -2.17. The van der Waals surface area contributed by atoms with Gasteiger partial charge in [-0.15, -0.1) is 15.7 Å². The van der Waals surface area contributed by atoms with E-state index in [1.165, 1.54) is 6.20 Å². The molecule has 2 aliphatic rings. The molecular weight excluding hydrogens is 434 g/mol. The van der Waals surface area contributed by atoms with Crippen molar-refractivity contribution < 1.29 is 14.1 Å². The molecule has 0 aliphatic heterocycles. The Balaban J connectivity index is 1.68. The number of anilines is 1. The summed E-state index contributed by atoms with van der Waals surface area (Å²) >= 11 is 1.08. The first kappa shape index (κ1) is 21.9. The predicted molar refractivity (Wildman–Crippen MR) is 119 cm³/mol. The Bertz CT molecular complexity index is 1200. The SMILES string of the molecule is CC(C)(CO)c1ncc([S@](N)(=O)=NC(=O)Nc2c3c(c(C#N)c4c2CCC4)CCC3)s1. The van der Waals surface area contributed by atoms with Crippen molar-refractivity contribution in [3.63, 3.8) is 0 Å². The molecule has 0 saturated heterocycles. The third-order valence-electron chi connectivity index (χ3n) is 5.95. The molecule has 1 aromatic heterocycles. The van der Waals surface area contributed by atoms with Gasteiger partial charge in [-0.3, -0.25) is 0 Å². The van der Waals surface area contributed by atoms with Gasteiger partial charge in [0, 0.05) is 11.1 Å². The topological polar surface area (TPSA) is 141 Å². The van der Waals surface area contributed by atoms with Crippen LogP contribution in [0.4, 0.5) is 10.5 Å². The van der Waals surface area contributed by atoms with E-state index in [4.69, 9.17) is 5.14 Å². The van der Waals surface area contributed by atoms with E-state index in [0.717, 1.165) is 77.7 Å². The number of hydrogen-bond acceptors (Lipinski definition) is 6. The Morgan fingerprint density at radius 2 is 1.87 bits per heavy atom. The van der Waals surface area contributed by atoms with Crippen LogP contribution in [0.1, 0.15) is 59.5 Å². The van der Waals surface area contributed by atoms with Crippen molar-refractivity contribution in [1.82, 2.24) is 4.98 Å². The zero-order valence-corrected chi connectivity index (χ0v) is 19.2.